The van der Waals surface area contributed by atoms with Crippen LogP contribution < -0.4 is 20.5 Å². The van der Waals surface area contributed by atoms with E-state index in [1.54, 1.807) is 25.1 Å². The third-order valence-corrected chi connectivity index (χ3v) is 2.75. The van der Waals surface area contributed by atoms with Gasteiger partial charge in [0, 0.05) is 6.42 Å². The maximum Gasteiger partial charge on any atom is 0.409 e. The van der Waals surface area contributed by atoms with Gasteiger partial charge in [0.05, 0.1) is 6.61 Å². The smallest absolute Gasteiger partial charge is 0.409 e. The van der Waals surface area contributed by atoms with Gasteiger partial charge in [-0.15, -0.1) is 0 Å². The van der Waals surface area contributed by atoms with Crippen LogP contribution in [0.1, 0.15) is 18.9 Å². The minimum absolute atomic E-state index is 0.308. The number of benzene rings is 1. The van der Waals surface area contributed by atoms with E-state index in [9.17, 15) is 9.59 Å². The molecule has 0 saturated heterocycles. The number of amides is 2. The Morgan fingerprint density at radius 3 is 3.00 bits per heavy atom. The number of carbonyl (C=O) groups excluding carboxylic acids is 2. The number of nitrogens with one attached hydrogen (secondary N) is 1. The molecule has 1 unspecified atom stereocenters. The molecule has 0 radical (unpaired) electrons. The van der Waals surface area contributed by atoms with Gasteiger partial charge in [-0.2, -0.15) is 0 Å². The van der Waals surface area contributed by atoms with E-state index in [2.05, 4.69) is 5.32 Å². The van der Waals surface area contributed by atoms with E-state index in [1.165, 1.54) is 0 Å². The number of ether oxygens (including phenoxy) is 3. The van der Waals surface area contributed by atoms with Crippen LogP contribution in [0.5, 0.6) is 11.5 Å². The number of nitrogens with two attached hydrogens (primary N) is 1. The highest BCUT2D eigenvalue weighted by Gasteiger charge is 2.22. The molecule has 1 atom stereocenters. The molecule has 1 heterocycles. The largest absolute Gasteiger partial charge is 0.470 e. The van der Waals surface area contributed by atoms with Crippen molar-refractivity contribution in [2.75, 3.05) is 6.61 Å². The standard InChI is InChI=1S/C13H16N2O5/c1-2-18-13(17)15-11-6-3-8-7-9(19-12(14)16)4-5-10(8)20-11/h4-5,7,11H,2-3,6H2,1H3,(H2,14,16)(H,15,17). The highest BCUT2D eigenvalue weighted by molar-refractivity contribution is 5.68. The molecule has 0 bridgehead atoms. The topological polar surface area (TPSA) is 99.9 Å². The van der Waals surface area contributed by atoms with Crippen molar-refractivity contribution in [3.8, 4) is 11.5 Å². The number of alkyl carbamates (subject to hydrolysis) is 1. The summed E-state index contributed by atoms with van der Waals surface area (Å²) < 4.78 is 15.2. The molecule has 1 aromatic carbocycles. The molecule has 2 amide bonds. The molecule has 1 aromatic rings. The van der Waals surface area contributed by atoms with Crippen molar-refractivity contribution < 1.29 is 23.8 Å². The van der Waals surface area contributed by atoms with Crippen molar-refractivity contribution in [2.24, 2.45) is 5.73 Å². The number of primary amides is 1. The number of aryl methyl sites for hydroxylation is 1. The predicted molar refractivity (Wildman–Crippen MR) is 69.5 cm³/mol. The highest BCUT2D eigenvalue weighted by atomic mass is 16.6. The first-order chi connectivity index (χ1) is 9.58. The predicted octanol–water partition coefficient (Wildman–Crippen LogP) is 1.54. The second-order valence-electron chi connectivity index (χ2n) is 4.20. The maximum atomic E-state index is 11.3. The summed E-state index contributed by atoms with van der Waals surface area (Å²) in [5.41, 5.74) is 5.85. The van der Waals surface area contributed by atoms with Crippen molar-refractivity contribution in [1.29, 1.82) is 0 Å². The third-order valence-electron chi connectivity index (χ3n) is 2.75. The molecule has 7 heteroatoms. The van der Waals surface area contributed by atoms with Gasteiger partial charge in [-0.1, -0.05) is 0 Å². The Balaban J connectivity index is 2.00. The summed E-state index contributed by atoms with van der Waals surface area (Å²) in [6, 6.07) is 4.95. The highest BCUT2D eigenvalue weighted by Crippen LogP contribution is 2.30. The number of hydrogen-bond acceptors (Lipinski definition) is 5. The van der Waals surface area contributed by atoms with E-state index < -0.39 is 18.4 Å². The average molecular weight is 280 g/mol. The molecule has 7 nitrogen and oxygen atoms in total. The summed E-state index contributed by atoms with van der Waals surface area (Å²) >= 11 is 0. The Morgan fingerprint density at radius 1 is 1.50 bits per heavy atom. The Kier molecular flexibility index (Phi) is 4.29. The van der Waals surface area contributed by atoms with Gasteiger partial charge in [-0.05, 0) is 37.1 Å². The van der Waals surface area contributed by atoms with Crippen LogP contribution in [0.2, 0.25) is 0 Å². The Morgan fingerprint density at radius 2 is 2.30 bits per heavy atom. The van der Waals surface area contributed by atoms with Crippen LogP contribution in [0, 0.1) is 0 Å². The lowest BCUT2D eigenvalue weighted by Gasteiger charge is -2.26. The monoisotopic (exact) mass is 280 g/mol. The summed E-state index contributed by atoms with van der Waals surface area (Å²) in [6.07, 6.45) is -0.503. The van der Waals surface area contributed by atoms with Gasteiger partial charge in [-0.25, -0.2) is 9.59 Å². The van der Waals surface area contributed by atoms with Crippen molar-refractivity contribution >= 4 is 12.2 Å². The number of hydrogen-bond donors (Lipinski definition) is 2. The first-order valence-electron chi connectivity index (χ1n) is 6.28. The zero-order valence-corrected chi connectivity index (χ0v) is 11.0. The van der Waals surface area contributed by atoms with Gasteiger partial charge in [-0.3, -0.25) is 5.32 Å². The fourth-order valence-corrected chi connectivity index (χ4v) is 1.95. The van der Waals surface area contributed by atoms with E-state index in [1.807, 2.05) is 0 Å². The fraction of sp³-hybridized carbons (Fsp3) is 0.385. The van der Waals surface area contributed by atoms with Gasteiger partial charge in [0.15, 0.2) is 6.23 Å². The maximum absolute atomic E-state index is 11.3. The van der Waals surface area contributed by atoms with Gasteiger partial charge in [0.1, 0.15) is 11.5 Å². The average Bonchev–Trinajstić information content (AvgIpc) is 2.38. The molecule has 108 valence electrons. The summed E-state index contributed by atoms with van der Waals surface area (Å²) in [4.78, 5) is 22.0. The molecule has 0 aliphatic carbocycles. The van der Waals surface area contributed by atoms with Crippen LogP contribution in [-0.4, -0.2) is 25.0 Å². The molecular weight excluding hydrogens is 264 g/mol. The Hall–Kier alpha value is -2.44. The number of rotatable bonds is 3. The lowest BCUT2D eigenvalue weighted by molar-refractivity contribution is 0.103. The van der Waals surface area contributed by atoms with Gasteiger partial charge < -0.3 is 19.9 Å². The SMILES string of the molecule is CCOC(=O)NC1CCc2cc(OC(N)=O)ccc2O1. The lowest BCUT2D eigenvalue weighted by Crippen LogP contribution is -2.41. The molecule has 0 fully saturated rings. The Labute approximate surface area is 116 Å². The van der Waals surface area contributed by atoms with Crippen molar-refractivity contribution in [1.82, 2.24) is 5.32 Å². The molecule has 0 spiro atoms. The molecule has 1 aliphatic heterocycles. The minimum Gasteiger partial charge on any atom is -0.470 e. The van der Waals surface area contributed by atoms with Gasteiger partial charge >= 0.3 is 12.2 Å². The van der Waals surface area contributed by atoms with Crippen LogP contribution in [0.4, 0.5) is 9.59 Å². The van der Waals surface area contributed by atoms with E-state index in [0.29, 0.717) is 30.9 Å². The molecule has 1 aliphatic rings. The summed E-state index contributed by atoms with van der Waals surface area (Å²) in [6.45, 7) is 2.04. The Bertz CT molecular complexity index is 517. The molecule has 3 N–H and O–H groups in total. The quantitative estimate of drug-likeness (QED) is 0.874. The van der Waals surface area contributed by atoms with E-state index in [0.717, 1.165) is 5.56 Å². The lowest BCUT2D eigenvalue weighted by atomic mass is 10.0. The normalized spacial score (nSPS) is 16.6. The molecule has 0 saturated carbocycles. The third kappa shape index (κ3) is 3.53. The first kappa shape index (κ1) is 14.0. The summed E-state index contributed by atoms with van der Waals surface area (Å²) in [5.74, 6) is 1.01. The van der Waals surface area contributed by atoms with Crippen molar-refractivity contribution in [2.45, 2.75) is 26.0 Å². The second-order valence-corrected chi connectivity index (χ2v) is 4.20. The van der Waals surface area contributed by atoms with Crippen LogP contribution in [0.25, 0.3) is 0 Å². The van der Waals surface area contributed by atoms with Gasteiger partial charge in [0.25, 0.3) is 0 Å². The van der Waals surface area contributed by atoms with Crippen molar-refractivity contribution in [3.05, 3.63) is 23.8 Å². The summed E-state index contributed by atoms with van der Waals surface area (Å²) in [7, 11) is 0. The zero-order valence-electron chi connectivity index (χ0n) is 11.0. The van der Waals surface area contributed by atoms with E-state index in [4.69, 9.17) is 19.9 Å². The number of fused-ring (bicyclic) bond motifs is 1. The van der Waals surface area contributed by atoms with Crippen molar-refractivity contribution in [3.63, 3.8) is 0 Å². The second kappa shape index (κ2) is 6.14. The van der Waals surface area contributed by atoms with Crippen LogP contribution >= 0.6 is 0 Å². The van der Waals surface area contributed by atoms with Crippen LogP contribution in [0.3, 0.4) is 0 Å². The molecule has 20 heavy (non-hydrogen) atoms. The fourth-order valence-electron chi connectivity index (χ4n) is 1.95. The molecule has 2 rings (SSSR count). The first-order valence-corrected chi connectivity index (χ1v) is 6.28. The van der Waals surface area contributed by atoms with E-state index in [-0.39, 0.29) is 0 Å². The number of carbonyl (C=O) groups is 2. The minimum atomic E-state index is -0.858. The van der Waals surface area contributed by atoms with Gasteiger partial charge in [0.2, 0.25) is 0 Å². The van der Waals surface area contributed by atoms with Crippen LogP contribution in [0.15, 0.2) is 18.2 Å². The van der Waals surface area contributed by atoms with E-state index >= 15 is 0 Å². The van der Waals surface area contributed by atoms with Crippen LogP contribution in [-0.2, 0) is 11.2 Å². The zero-order chi connectivity index (χ0) is 14.5. The summed E-state index contributed by atoms with van der Waals surface area (Å²) in [5, 5.41) is 2.62. The molecule has 0 aromatic heterocycles. The molecular formula is C13H16N2O5.